The molecular formula is C13H24N4O4S. The lowest BCUT2D eigenvalue weighted by Gasteiger charge is -2.33. The molecule has 0 radical (unpaired) electrons. The molecule has 2 saturated heterocycles. The average Bonchev–Trinajstić information content (AvgIpc) is 2.82. The van der Waals surface area contributed by atoms with Gasteiger partial charge in [-0.15, -0.1) is 0 Å². The first-order chi connectivity index (χ1) is 10.3. The highest BCUT2D eigenvalue weighted by atomic mass is 32.2. The van der Waals surface area contributed by atoms with Gasteiger partial charge in [0.15, 0.2) is 9.84 Å². The van der Waals surface area contributed by atoms with Crippen LogP contribution in [0.1, 0.15) is 13.3 Å². The molecule has 2 aliphatic heterocycles. The molecule has 2 amide bonds. The van der Waals surface area contributed by atoms with Gasteiger partial charge in [-0.25, -0.2) is 13.4 Å². The summed E-state index contributed by atoms with van der Waals surface area (Å²) in [5, 5.41) is 1.74. The minimum Gasteiger partial charge on any atom is -0.331 e. The number of hydrogen-bond acceptors (Lipinski definition) is 6. The van der Waals surface area contributed by atoms with Gasteiger partial charge < -0.3 is 9.80 Å². The number of amides is 2. The van der Waals surface area contributed by atoms with E-state index in [1.807, 2.05) is 7.05 Å². The third-order valence-electron chi connectivity index (χ3n) is 4.21. The maximum atomic E-state index is 12.3. The van der Waals surface area contributed by atoms with Crippen LogP contribution in [-0.4, -0.2) is 92.4 Å². The van der Waals surface area contributed by atoms with E-state index >= 15 is 0 Å². The number of nitrogens with zero attached hydrogens (tertiary/aromatic N) is 3. The minimum absolute atomic E-state index is 0.0473. The fourth-order valence-corrected chi connectivity index (χ4v) is 4.56. The number of hydrazine groups is 1. The molecule has 0 aromatic heterocycles. The van der Waals surface area contributed by atoms with Gasteiger partial charge in [0.1, 0.15) is 0 Å². The van der Waals surface area contributed by atoms with Crippen LogP contribution >= 0.6 is 0 Å². The Morgan fingerprint density at radius 3 is 2.36 bits per heavy atom. The largest absolute Gasteiger partial charge is 0.331 e. The van der Waals surface area contributed by atoms with Crippen LogP contribution in [0.15, 0.2) is 0 Å². The standard InChI is InChI=1S/C13H24N4O4S/c1-3-17(11-4-9-22(20,21)10-11)13(19)12(18)14-16-7-5-15(2)6-8-16/h11H,3-10H2,1-2H3,(H,14,18). The lowest BCUT2D eigenvalue weighted by molar-refractivity contribution is -0.150. The van der Waals surface area contributed by atoms with Gasteiger partial charge in [-0.05, 0) is 20.4 Å². The SMILES string of the molecule is CCN(C(=O)C(=O)NN1CCN(C)CC1)C1CCS(=O)(=O)C1. The predicted octanol–water partition coefficient (Wildman–Crippen LogP) is -1.70. The molecule has 8 nitrogen and oxygen atoms in total. The highest BCUT2D eigenvalue weighted by Gasteiger charge is 2.36. The molecule has 0 aromatic rings. The Bertz CT molecular complexity index is 528. The van der Waals surface area contributed by atoms with Crippen molar-refractivity contribution < 1.29 is 18.0 Å². The monoisotopic (exact) mass is 332 g/mol. The van der Waals surface area contributed by atoms with E-state index in [0.29, 0.717) is 26.1 Å². The first-order valence-corrected chi connectivity index (χ1v) is 9.40. The van der Waals surface area contributed by atoms with E-state index in [1.165, 1.54) is 4.90 Å². The van der Waals surface area contributed by atoms with Crippen LogP contribution < -0.4 is 5.43 Å². The molecule has 0 aliphatic carbocycles. The Balaban J connectivity index is 1.92. The third kappa shape index (κ3) is 4.17. The summed E-state index contributed by atoms with van der Waals surface area (Å²) in [4.78, 5) is 27.9. The van der Waals surface area contributed by atoms with Crippen LogP contribution in [0.25, 0.3) is 0 Å². The molecule has 9 heteroatoms. The van der Waals surface area contributed by atoms with Gasteiger partial charge in [-0.1, -0.05) is 0 Å². The smallest absolute Gasteiger partial charge is 0.323 e. The van der Waals surface area contributed by atoms with Gasteiger partial charge in [0.2, 0.25) is 0 Å². The average molecular weight is 332 g/mol. The fourth-order valence-electron chi connectivity index (χ4n) is 2.83. The summed E-state index contributed by atoms with van der Waals surface area (Å²) in [7, 11) is -1.08. The van der Waals surface area contributed by atoms with Crippen molar-refractivity contribution in [3.63, 3.8) is 0 Å². The van der Waals surface area contributed by atoms with Crippen LogP contribution in [-0.2, 0) is 19.4 Å². The quantitative estimate of drug-likeness (QED) is 0.620. The topological polar surface area (TPSA) is 90.0 Å². The highest BCUT2D eigenvalue weighted by Crippen LogP contribution is 2.17. The van der Waals surface area contributed by atoms with Gasteiger partial charge in [-0.3, -0.25) is 15.0 Å². The normalized spacial score (nSPS) is 25.8. The first-order valence-electron chi connectivity index (χ1n) is 7.58. The van der Waals surface area contributed by atoms with Crippen molar-refractivity contribution in [1.82, 2.24) is 20.2 Å². The number of hydrogen-bond donors (Lipinski definition) is 1. The Labute approximate surface area is 131 Å². The van der Waals surface area contributed by atoms with E-state index in [4.69, 9.17) is 0 Å². The van der Waals surface area contributed by atoms with Gasteiger partial charge in [-0.2, -0.15) is 0 Å². The van der Waals surface area contributed by atoms with Crippen LogP contribution in [0.4, 0.5) is 0 Å². The molecule has 0 saturated carbocycles. The summed E-state index contributed by atoms with van der Waals surface area (Å²) < 4.78 is 23.1. The third-order valence-corrected chi connectivity index (χ3v) is 5.96. The first kappa shape index (κ1) is 17.2. The van der Waals surface area contributed by atoms with Crippen LogP contribution in [0.5, 0.6) is 0 Å². The van der Waals surface area contributed by atoms with Crippen LogP contribution in [0, 0.1) is 0 Å². The molecule has 0 aromatic carbocycles. The summed E-state index contributed by atoms with van der Waals surface area (Å²) in [5.41, 5.74) is 2.63. The van der Waals surface area contributed by atoms with Gasteiger partial charge in [0.25, 0.3) is 0 Å². The summed E-state index contributed by atoms with van der Waals surface area (Å²) >= 11 is 0. The number of piperazine rings is 1. The maximum Gasteiger partial charge on any atom is 0.323 e. The van der Waals surface area contributed by atoms with E-state index in [2.05, 4.69) is 10.3 Å². The Hall–Kier alpha value is -1.19. The molecule has 1 atom stereocenters. The number of carbonyl (C=O) groups excluding carboxylic acids is 2. The van der Waals surface area contributed by atoms with Crippen molar-refractivity contribution in [3.05, 3.63) is 0 Å². The zero-order valence-electron chi connectivity index (χ0n) is 13.1. The van der Waals surface area contributed by atoms with E-state index in [-0.39, 0.29) is 17.5 Å². The molecule has 1 N–H and O–H groups in total. The molecule has 2 fully saturated rings. The predicted molar refractivity (Wildman–Crippen MR) is 81.7 cm³/mol. The maximum absolute atomic E-state index is 12.3. The fraction of sp³-hybridized carbons (Fsp3) is 0.846. The van der Waals surface area contributed by atoms with E-state index in [0.717, 1.165) is 13.1 Å². The molecular weight excluding hydrogens is 308 g/mol. The van der Waals surface area contributed by atoms with Crippen molar-refractivity contribution in [2.24, 2.45) is 0 Å². The summed E-state index contributed by atoms with van der Waals surface area (Å²) in [6, 6.07) is -0.388. The van der Waals surface area contributed by atoms with Crippen molar-refractivity contribution in [2.75, 3.05) is 51.3 Å². The van der Waals surface area contributed by atoms with Crippen LogP contribution in [0.3, 0.4) is 0 Å². The molecule has 22 heavy (non-hydrogen) atoms. The second-order valence-electron chi connectivity index (χ2n) is 5.88. The van der Waals surface area contributed by atoms with Crippen molar-refractivity contribution in [3.8, 4) is 0 Å². The summed E-state index contributed by atoms with van der Waals surface area (Å²) in [6.07, 6.45) is 0.406. The number of rotatable bonds is 3. The van der Waals surface area contributed by atoms with E-state index < -0.39 is 21.7 Å². The second-order valence-corrected chi connectivity index (χ2v) is 8.11. The van der Waals surface area contributed by atoms with Crippen molar-refractivity contribution >= 4 is 21.7 Å². The zero-order valence-corrected chi connectivity index (χ0v) is 13.9. The number of carbonyl (C=O) groups is 2. The lowest BCUT2D eigenvalue weighted by atomic mass is 10.2. The lowest BCUT2D eigenvalue weighted by Crippen LogP contribution is -2.57. The van der Waals surface area contributed by atoms with E-state index in [1.54, 1.807) is 11.9 Å². The van der Waals surface area contributed by atoms with Crippen molar-refractivity contribution in [2.45, 2.75) is 19.4 Å². The molecule has 0 spiro atoms. The molecule has 0 bridgehead atoms. The number of likely N-dealkylation sites (N-methyl/N-ethyl adjacent to an activating group) is 2. The second kappa shape index (κ2) is 6.93. The van der Waals surface area contributed by atoms with Crippen LogP contribution in [0.2, 0.25) is 0 Å². The van der Waals surface area contributed by atoms with Gasteiger partial charge >= 0.3 is 11.8 Å². The number of sulfone groups is 1. The number of nitrogens with one attached hydrogen (secondary N) is 1. The molecule has 2 heterocycles. The molecule has 126 valence electrons. The Morgan fingerprint density at radius 1 is 1.23 bits per heavy atom. The van der Waals surface area contributed by atoms with Gasteiger partial charge in [0, 0.05) is 38.8 Å². The molecule has 1 unspecified atom stereocenters. The summed E-state index contributed by atoms with van der Waals surface area (Å²) in [5.74, 6) is -1.30. The van der Waals surface area contributed by atoms with Gasteiger partial charge in [0.05, 0.1) is 11.5 Å². The molecule has 2 aliphatic rings. The Morgan fingerprint density at radius 2 is 1.86 bits per heavy atom. The molecule has 2 rings (SSSR count). The Kier molecular flexibility index (Phi) is 5.41. The van der Waals surface area contributed by atoms with Crippen molar-refractivity contribution in [1.29, 1.82) is 0 Å². The zero-order chi connectivity index (χ0) is 16.3. The minimum atomic E-state index is -3.08. The highest BCUT2D eigenvalue weighted by molar-refractivity contribution is 7.91. The van der Waals surface area contributed by atoms with E-state index in [9.17, 15) is 18.0 Å². The summed E-state index contributed by atoms with van der Waals surface area (Å²) in [6.45, 7) is 5.07.